The second-order valence-electron chi connectivity index (χ2n) is 5.37. The topological polar surface area (TPSA) is 86.7 Å². The Morgan fingerprint density at radius 3 is 2.31 bits per heavy atom. The van der Waals surface area contributed by atoms with Gasteiger partial charge in [-0.25, -0.2) is 8.42 Å². The number of sulfone groups is 1. The van der Waals surface area contributed by atoms with E-state index in [1.807, 2.05) is 0 Å². The third-order valence-electron chi connectivity index (χ3n) is 3.80. The third kappa shape index (κ3) is 3.14. The standard InChI is InChI=1S/C20H13N3O2S/c21-14-16-7-4-5-11-20(16)23-12-6-8-17(23)13-19(15-22)26(24,25)18-9-2-1-3-10-18/h1-13H/b19-13+. The van der Waals surface area contributed by atoms with Crippen LogP contribution >= 0.6 is 0 Å². The molecular weight excluding hydrogens is 346 g/mol. The number of rotatable bonds is 4. The molecule has 0 amide bonds. The third-order valence-corrected chi connectivity index (χ3v) is 5.48. The van der Waals surface area contributed by atoms with Crippen LogP contribution in [-0.2, 0) is 9.84 Å². The molecule has 0 aliphatic rings. The SMILES string of the molecule is N#C/C(=C\c1cccn1-c1ccccc1C#N)S(=O)(=O)c1ccccc1. The lowest BCUT2D eigenvalue weighted by molar-refractivity contribution is 0.603. The van der Waals surface area contributed by atoms with Gasteiger partial charge in [0.1, 0.15) is 12.1 Å². The van der Waals surface area contributed by atoms with E-state index in [-0.39, 0.29) is 9.80 Å². The van der Waals surface area contributed by atoms with E-state index in [4.69, 9.17) is 0 Å². The number of nitriles is 2. The van der Waals surface area contributed by atoms with Gasteiger partial charge in [0, 0.05) is 11.9 Å². The maximum atomic E-state index is 12.7. The highest BCUT2D eigenvalue weighted by atomic mass is 32.2. The number of nitrogens with zero attached hydrogens (tertiary/aromatic N) is 3. The van der Waals surface area contributed by atoms with Crippen LogP contribution in [0.5, 0.6) is 0 Å². The maximum absolute atomic E-state index is 12.7. The van der Waals surface area contributed by atoms with Crippen LogP contribution in [0.2, 0.25) is 0 Å². The Labute approximate surface area is 151 Å². The van der Waals surface area contributed by atoms with E-state index < -0.39 is 9.84 Å². The summed E-state index contributed by atoms with van der Waals surface area (Å²) in [7, 11) is -3.92. The number of benzene rings is 2. The van der Waals surface area contributed by atoms with Gasteiger partial charge in [0.05, 0.1) is 16.1 Å². The Bertz CT molecular complexity index is 1160. The van der Waals surface area contributed by atoms with E-state index >= 15 is 0 Å². The van der Waals surface area contributed by atoms with Crippen LogP contribution in [0.15, 0.2) is 82.7 Å². The van der Waals surface area contributed by atoms with Gasteiger partial charge in [-0.3, -0.25) is 0 Å². The Kier molecular flexibility index (Phi) is 4.70. The average molecular weight is 359 g/mol. The van der Waals surface area contributed by atoms with Crippen molar-refractivity contribution < 1.29 is 8.42 Å². The van der Waals surface area contributed by atoms with Crippen LogP contribution in [0.25, 0.3) is 11.8 Å². The van der Waals surface area contributed by atoms with E-state index in [0.29, 0.717) is 16.9 Å². The normalized spacial score (nSPS) is 11.5. The van der Waals surface area contributed by atoms with Crippen LogP contribution in [0.1, 0.15) is 11.3 Å². The van der Waals surface area contributed by atoms with Crippen molar-refractivity contribution in [3.05, 3.63) is 89.1 Å². The molecule has 0 unspecified atom stereocenters. The fourth-order valence-corrected chi connectivity index (χ4v) is 3.71. The summed E-state index contributed by atoms with van der Waals surface area (Å²) in [4.78, 5) is -0.304. The molecule has 0 saturated heterocycles. The summed E-state index contributed by atoms with van der Waals surface area (Å²) in [6, 6.07) is 22.1. The maximum Gasteiger partial charge on any atom is 0.216 e. The molecule has 0 N–H and O–H groups in total. The summed E-state index contributed by atoms with van der Waals surface area (Å²) >= 11 is 0. The summed E-state index contributed by atoms with van der Waals surface area (Å²) in [6.07, 6.45) is 3.03. The molecule has 0 spiro atoms. The Morgan fingerprint density at radius 2 is 1.62 bits per heavy atom. The van der Waals surface area contributed by atoms with Crippen LogP contribution in [0.4, 0.5) is 0 Å². The molecule has 5 nitrogen and oxygen atoms in total. The molecule has 0 atom stereocenters. The second kappa shape index (κ2) is 7.10. The van der Waals surface area contributed by atoms with Gasteiger partial charge in [-0.1, -0.05) is 30.3 Å². The van der Waals surface area contributed by atoms with E-state index in [1.54, 1.807) is 71.4 Å². The summed E-state index contributed by atoms with van der Waals surface area (Å²) in [5.74, 6) is 0. The summed E-state index contributed by atoms with van der Waals surface area (Å²) < 4.78 is 27.1. The Morgan fingerprint density at radius 1 is 0.923 bits per heavy atom. The van der Waals surface area contributed by atoms with E-state index in [1.165, 1.54) is 18.2 Å². The van der Waals surface area contributed by atoms with Crippen molar-refractivity contribution >= 4 is 15.9 Å². The zero-order valence-electron chi connectivity index (χ0n) is 13.6. The molecule has 2 aromatic carbocycles. The van der Waals surface area contributed by atoms with Gasteiger partial charge >= 0.3 is 0 Å². The Hall–Kier alpha value is -3.61. The van der Waals surface area contributed by atoms with Crippen molar-refractivity contribution in [1.29, 1.82) is 10.5 Å². The quantitative estimate of drug-likeness (QED) is 0.665. The molecule has 0 aliphatic heterocycles. The first-order valence-electron chi connectivity index (χ1n) is 7.66. The zero-order chi connectivity index (χ0) is 18.6. The second-order valence-corrected chi connectivity index (χ2v) is 7.29. The molecule has 26 heavy (non-hydrogen) atoms. The fourth-order valence-electron chi connectivity index (χ4n) is 2.54. The highest BCUT2D eigenvalue weighted by molar-refractivity contribution is 7.95. The van der Waals surface area contributed by atoms with Gasteiger partial charge in [-0.2, -0.15) is 10.5 Å². The molecule has 0 radical (unpaired) electrons. The first kappa shape index (κ1) is 17.2. The molecular formula is C20H13N3O2S. The predicted molar refractivity (Wildman–Crippen MR) is 97.7 cm³/mol. The fraction of sp³-hybridized carbons (Fsp3) is 0. The highest BCUT2D eigenvalue weighted by Crippen LogP contribution is 2.23. The first-order chi connectivity index (χ1) is 12.6. The molecule has 0 bridgehead atoms. The van der Waals surface area contributed by atoms with Gasteiger partial charge in [-0.05, 0) is 42.5 Å². The molecule has 0 fully saturated rings. The minimum atomic E-state index is -3.92. The van der Waals surface area contributed by atoms with Crippen molar-refractivity contribution in [3.8, 4) is 17.8 Å². The number of aromatic nitrogens is 1. The van der Waals surface area contributed by atoms with Crippen LogP contribution < -0.4 is 0 Å². The first-order valence-corrected chi connectivity index (χ1v) is 9.15. The van der Waals surface area contributed by atoms with Crippen molar-refractivity contribution in [2.24, 2.45) is 0 Å². The Balaban J connectivity index is 2.13. The number of hydrogen-bond donors (Lipinski definition) is 0. The molecule has 0 saturated carbocycles. The lowest BCUT2D eigenvalue weighted by Crippen LogP contribution is -2.04. The molecule has 3 rings (SSSR count). The van der Waals surface area contributed by atoms with Gasteiger partial charge in [0.15, 0.2) is 4.91 Å². The monoisotopic (exact) mass is 359 g/mol. The largest absolute Gasteiger partial charge is 0.316 e. The van der Waals surface area contributed by atoms with E-state index in [0.717, 1.165) is 0 Å². The number of hydrogen-bond acceptors (Lipinski definition) is 4. The number of allylic oxidation sites excluding steroid dienone is 1. The molecule has 6 heteroatoms. The lowest BCUT2D eigenvalue weighted by Gasteiger charge is -2.09. The summed E-state index contributed by atoms with van der Waals surface area (Å²) in [5.41, 5.74) is 1.55. The molecule has 3 aromatic rings. The van der Waals surface area contributed by atoms with Gasteiger partial charge < -0.3 is 4.57 Å². The average Bonchev–Trinajstić information content (AvgIpc) is 3.14. The zero-order valence-corrected chi connectivity index (χ0v) is 14.4. The van der Waals surface area contributed by atoms with Crippen molar-refractivity contribution in [1.82, 2.24) is 4.57 Å². The summed E-state index contributed by atoms with van der Waals surface area (Å²) in [6.45, 7) is 0. The predicted octanol–water partition coefficient (Wildman–Crippen LogP) is 3.69. The van der Waals surface area contributed by atoms with Gasteiger partial charge in [0.25, 0.3) is 0 Å². The molecule has 126 valence electrons. The number of para-hydroxylation sites is 1. The van der Waals surface area contributed by atoms with Crippen LogP contribution in [-0.4, -0.2) is 13.0 Å². The summed E-state index contributed by atoms with van der Waals surface area (Å²) in [5, 5.41) is 18.7. The van der Waals surface area contributed by atoms with E-state index in [9.17, 15) is 18.9 Å². The smallest absolute Gasteiger partial charge is 0.216 e. The molecule has 1 aromatic heterocycles. The molecule has 1 heterocycles. The minimum Gasteiger partial charge on any atom is -0.316 e. The van der Waals surface area contributed by atoms with Crippen molar-refractivity contribution in [3.63, 3.8) is 0 Å². The van der Waals surface area contributed by atoms with Crippen LogP contribution in [0, 0.1) is 22.7 Å². The van der Waals surface area contributed by atoms with Crippen LogP contribution in [0.3, 0.4) is 0 Å². The van der Waals surface area contributed by atoms with Gasteiger partial charge in [-0.15, -0.1) is 0 Å². The molecule has 0 aliphatic carbocycles. The van der Waals surface area contributed by atoms with E-state index in [2.05, 4.69) is 6.07 Å². The highest BCUT2D eigenvalue weighted by Gasteiger charge is 2.21. The minimum absolute atomic E-state index is 0.0586. The van der Waals surface area contributed by atoms with Crippen molar-refractivity contribution in [2.75, 3.05) is 0 Å². The van der Waals surface area contributed by atoms with Gasteiger partial charge in [0.2, 0.25) is 9.84 Å². The van der Waals surface area contributed by atoms with Crippen molar-refractivity contribution in [2.45, 2.75) is 4.90 Å². The lowest BCUT2D eigenvalue weighted by atomic mass is 10.2.